The summed E-state index contributed by atoms with van der Waals surface area (Å²) in [5.41, 5.74) is 2.73. The first-order valence-electron chi connectivity index (χ1n) is 9.67. The van der Waals surface area contributed by atoms with Crippen LogP contribution in [0.5, 0.6) is 0 Å². The number of para-hydroxylation sites is 1. The molecule has 1 unspecified atom stereocenters. The molecule has 0 bridgehead atoms. The molecule has 4 amide bonds. The van der Waals surface area contributed by atoms with E-state index in [9.17, 15) is 14.4 Å². The molecule has 1 aliphatic rings. The molecule has 29 heavy (non-hydrogen) atoms. The number of benzene rings is 2. The van der Waals surface area contributed by atoms with Crippen LogP contribution >= 0.6 is 0 Å². The summed E-state index contributed by atoms with van der Waals surface area (Å²) >= 11 is 0. The first kappa shape index (κ1) is 20.4. The lowest BCUT2D eigenvalue weighted by atomic mass is 10.1. The van der Waals surface area contributed by atoms with Gasteiger partial charge in [0.15, 0.2) is 0 Å². The summed E-state index contributed by atoms with van der Waals surface area (Å²) < 4.78 is 0. The molecule has 1 atom stereocenters. The SMILES string of the molecule is Cc1ccc(NC(=O)Nc2ccccc2)cc1NC(=O)C1CC(=O)N(C(C)C)C1. The summed E-state index contributed by atoms with van der Waals surface area (Å²) in [6.45, 7) is 6.19. The number of hydrogen-bond acceptors (Lipinski definition) is 3. The third-order valence-corrected chi connectivity index (χ3v) is 4.94. The van der Waals surface area contributed by atoms with Crippen LogP contribution in [0.25, 0.3) is 0 Å². The molecule has 0 aliphatic carbocycles. The van der Waals surface area contributed by atoms with E-state index in [1.165, 1.54) is 0 Å². The van der Waals surface area contributed by atoms with E-state index in [2.05, 4.69) is 16.0 Å². The van der Waals surface area contributed by atoms with Crippen LogP contribution in [-0.2, 0) is 9.59 Å². The van der Waals surface area contributed by atoms with Gasteiger partial charge in [0.1, 0.15) is 0 Å². The summed E-state index contributed by atoms with van der Waals surface area (Å²) in [6.07, 6.45) is 0.223. The maximum atomic E-state index is 12.7. The lowest BCUT2D eigenvalue weighted by molar-refractivity contribution is -0.129. The molecule has 1 heterocycles. The molecule has 3 rings (SSSR count). The van der Waals surface area contributed by atoms with Crippen molar-refractivity contribution in [3.63, 3.8) is 0 Å². The van der Waals surface area contributed by atoms with Crippen molar-refractivity contribution in [1.82, 2.24) is 4.90 Å². The highest BCUT2D eigenvalue weighted by atomic mass is 16.2. The van der Waals surface area contributed by atoms with Gasteiger partial charge in [-0.15, -0.1) is 0 Å². The molecule has 152 valence electrons. The van der Waals surface area contributed by atoms with Crippen LogP contribution in [-0.4, -0.2) is 35.3 Å². The van der Waals surface area contributed by atoms with Crippen LogP contribution in [0, 0.1) is 12.8 Å². The molecule has 1 saturated heterocycles. The first-order valence-corrected chi connectivity index (χ1v) is 9.67. The van der Waals surface area contributed by atoms with E-state index in [0.29, 0.717) is 23.6 Å². The Labute approximate surface area is 170 Å². The van der Waals surface area contributed by atoms with Crippen molar-refractivity contribution in [3.05, 3.63) is 54.1 Å². The smallest absolute Gasteiger partial charge is 0.323 e. The zero-order valence-electron chi connectivity index (χ0n) is 16.9. The zero-order valence-corrected chi connectivity index (χ0v) is 16.9. The van der Waals surface area contributed by atoms with Crippen LogP contribution in [0.3, 0.4) is 0 Å². The van der Waals surface area contributed by atoms with Gasteiger partial charge in [0.2, 0.25) is 11.8 Å². The fourth-order valence-corrected chi connectivity index (χ4v) is 3.29. The van der Waals surface area contributed by atoms with E-state index in [1.54, 1.807) is 29.2 Å². The van der Waals surface area contributed by atoms with Gasteiger partial charge in [0.05, 0.1) is 5.92 Å². The number of likely N-dealkylation sites (tertiary alicyclic amines) is 1. The van der Waals surface area contributed by atoms with Crippen molar-refractivity contribution in [2.45, 2.75) is 33.2 Å². The van der Waals surface area contributed by atoms with Gasteiger partial charge in [-0.05, 0) is 50.6 Å². The fraction of sp³-hybridized carbons (Fsp3) is 0.318. The Morgan fingerprint density at radius 1 is 1.00 bits per heavy atom. The predicted molar refractivity (Wildman–Crippen MR) is 114 cm³/mol. The molecule has 3 N–H and O–H groups in total. The number of nitrogens with zero attached hydrogens (tertiary/aromatic N) is 1. The highest BCUT2D eigenvalue weighted by Gasteiger charge is 2.35. The van der Waals surface area contributed by atoms with Crippen molar-refractivity contribution in [1.29, 1.82) is 0 Å². The van der Waals surface area contributed by atoms with Crippen molar-refractivity contribution >= 4 is 34.9 Å². The van der Waals surface area contributed by atoms with Gasteiger partial charge < -0.3 is 20.9 Å². The highest BCUT2D eigenvalue weighted by molar-refractivity contribution is 6.01. The quantitative estimate of drug-likeness (QED) is 0.720. The third kappa shape index (κ3) is 5.13. The van der Waals surface area contributed by atoms with Gasteiger partial charge in [-0.25, -0.2) is 4.79 Å². The fourth-order valence-electron chi connectivity index (χ4n) is 3.29. The van der Waals surface area contributed by atoms with Crippen LogP contribution in [0.15, 0.2) is 48.5 Å². The van der Waals surface area contributed by atoms with E-state index in [4.69, 9.17) is 0 Å². The van der Waals surface area contributed by atoms with Gasteiger partial charge in [-0.2, -0.15) is 0 Å². The van der Waals surface area contributed by atoms with Gasteiger partial charge in [-0.1, -0.05) is 24.3 Å². The van der Waals surface area contributed by atoms with E-state index >= 15 is 0 Å². The highest BCUT2D eigenvalue weighted by Crippen LogP contribution is 2.25. The largest absolute Gasteiger partial charge is 0.339 e. The molecule has 7 nitrogen and oxygen atoms in total. The molecule has 0 saturated carbocycles. The maximum Gasteiger partial charge on any atom is 0.323 e. The average Bonchev–Trinajstić information content (AvgIpc) is 3.07. The maximum absolute atomic E-state index is 12.7. The molecular formula is C22H26N4O3. The second kappa shape index (κ2) is 8.77. The van der Waals surface area contributed by atoms with Crippen LogP contribution in [0.1, 0.15) is 25.8 Å². The van der Waals surface area contributed by atoms with Crippen LogP contribution in [0.2, 0.25) is 0 Å². The van der Waals surface area contributed by atoms with Crippen molar-refractivity contribution in [3.8, 4) is 0 Å². The Morgan fingerprint density at radius 2 is 1.69 bits per heavy atom. The van der Waals surface area contributed by atoms with E-state index in [-0.39, 0.29) is 36.2 Å². The second-order valence-electron chi connectivity index (χ2n) is 7.50. The Kier molecular flexibility index (Phi) is 6.16. The molecule has 0 radical (unpaired) electrons. The summed E-state index contributed by atoms with van der Waals surface area (Å²) in [5, 5.41) is 8.42. The first-order chi connectivity index (χ1) is 13.8. The molecule has 1 aliphatic heterocycles. The van der Waals surface area contributed by atoms with Crippen LogP contribution in [0.4, 0.5) is 21.9 Å². The molecule has 2 aromatic carbocycles. The number of nitrogens with one attached hydrogen (secondary N) is 3. The second-order valence-corrected chi connectivity index (χ2v) is 7.50. The number of amides is 4. The number of aryl methyl sites for hydroxylation is 1. The number of carbonyl (C=O) groups excluding carboxylic acids is 3. The van der Waals surface area contributed by atoms with Crippen molar-refractivity contribution in [2.24, 2.45) is 5.92 Å². The Hall–Kier alpha value is -3.35. The Bertz CT molecular complexity index is 912. The minimum Gasteiger partial charge on any atom is -0.339 e. The molecule has 0 spiro atoms. The molecule has 0 aromatic heterocycles. The molecule has 1 fully saturated rings. The number of carbonyl (C=O) groups is 3. The van der Waals surface area contributed by atoms with Gasteiger partial charge >= 0.3 is 6.03 Å². The number of urea groups is 1. The van der Waals surface area contributed by atoms with E-state index < -0.39 is 0 Å². The monoisotopic (exact) mass is 394 g/mol. The minimum atomic E-state index is -0.373. The zero-order chi connectivity index (χ0) is 21.0. The van der Waals surface area contributed by atoms with Gasteiger partial charge in [0, 0.05) is 36.1 Å². The molecular weight excluding hydrogens is 368 g/mol. The number of anilines is 3. The number of hydrogen-bond donors (Lipinski definition) is 3. The summed E-state index contributed by atoms with van der Waals surface area (Å²) in [4.78, 5) is 38.7. The van der Waals surface area contributed by atoms with Crippen LogP contribution < -0.4 is 16.0 Å². The topological polar surface area (TPSA) is 90.5 Å². The Morgan fingerprint density at radius 3 is 2.34 bits per heavy atom. The van der Waals surface area contributed by atoms with Crippen molar-refractivity contribution < 1.29 is 14.4 Å². The standard InChI is InChI=1S/C22H26N4O3/c1-14(2)26-13-16(11-20(26)27)21(28)25-19-12-18(10-9-15(19)3)24-22(29)23-17-7-5-4-6-8-17/h4-10,12,14,16H,11,13H2,1-3H3,(H,25,28)(H2,23,24,29). The van der Waals surface area contributed by atoms with E-state index in [1.807, 2.05) is 45.0 Å². The van der Waals surface area contributed by atoms with E-state index in [0.717, 1.165) is 5.56 Å². The normalized spacial score (nSPS) is 16.1. The summed E-state index contributed by atoms with van der Waals surface area (Å²) in [6, 6.07) is 14.2. The summed E-state index contributed by atoms with van der Waals surface area (Å²) in [7, 11) is 0. The molecule has 7 heteroatoms. The predicted octanol–water partition coefficient (Wildman–Crippen LogP) is 3.83. The number of rotatable bonds is 5. The van der Waals surface area contributed by atoms with Gasteiger partial charge in [0.25, 0.3) is 0 Å². The minimum absolute atomic E-state index is 0.00451. The lowest BCUT2D eigenvalue weighted by Crippen LogP contribution is -2.33. The third-order valence-electron chi connectivity index (χ3n) is 4.94. The lowest BCUT2D eigenvalue weighted by Gasteiger charge is -2.21. The van der Waals surface area contributed by atoms with Crippen molar-refractivity contribution in [2.75, 3.05) is 22.5 Å². The molecule has 2 aromatic rings. The summed E-state index contributed by atoms with van der Waals surface area (Å²) in [5.74, 6) is -0.553. The average molecular weight is 394 g/mol. The van der Waals surface area contributed by atoms with Gasteiger partial charge in [-0.3, -0.25) is 9.59 Å². The Balaban J connectivity index is 1.64.